The lowest BCUT2D eigenvalue weighted by Crippen LogP contribution is -2.36. The van der Waals surface area contributed by atoms with E-state index in [4.69, 9.17) is 0 Å². The monoisotopic (exact) mass is 259 g/mol. The molecule has 1 aliphatic heterocycles. The summed E-state index contributed by atoms with van der Waals surface area (Å²) in [6.07, 6.45) is -1.10. The molecule has 2 nitrogen and oxygen atoms in total. The zero-order valence-electron chi connectivity index (χ0n) is 9.40. The van der Waals surface area contributed by atoms with Crippen LogP contribution in [0.1, 0.15) is 11.7 Å². The van der Waals surface area contributed by atoms with Crippen LogP contribution in [0.3, 0.4) is 0 Å². The number of hydrogen-bond donors (Lipinski definition) is 1. The van der Waals surface area contributed by atoms with Crippen LogP contribution in [-0.4, -0.2) is 41.1 Å². The van der Waals surface area contributed by atoms with Gasteiger partial charge in [-0.1, -0.05) is 6.07 Å². The molecule has 2 rings (SSSR count). The van der Waals surface area contributed by atoms with E-state index in [9.17, 15) is 13.9 Å². The molecule has 0 radical (unpaired) electrons. The van der Waals surface area contributed by atoms with Crippen molar-refractivity contribution in [3.63, 3.8) is 0 Å². The van der Waals surface area contributed by atoms with Crippen LogP contribution in [0.2, 0.25) is 0 Å². The van der Waals surface area contributed by atoms with Crippen molar-refractivity contribution in [3.05, 3.63) is 35.4 Å². The highest BCUT2D eigenvalue weighted by Gasteiger charge is 2.21. The van der Waals surface area contributed by atoms with Crippen molar-refractivity contribution in [1.82, 2.24) is 4.90 Å². The summed E-state index contributed by atoms with van der Waals surface area (Å²) in [5.41, 5.74) is -0.217. The Labute approximate surface area is 104 Å². The van der Waals surface area contributed by atoms with Gasteiger partial charge in [0.25, 0.3) is 0 Å². The van der Waals surface area contributed by atoms with Gasteiger partial charge in [0.05, 0.1) is 11.7 Å². The molecule has 1 aromatic carbocycles. The van der Waals surface area contributed by atoms with Crippen LogP contribution in [-0.2, 0) is 0 Å². The topological polar surface area (TPSA) is 23.5 Å². The first-order valence-electron chi connectivity index (χ1n) is 5.60. The minimum absolute atomic E-state index is 0.217. The Bertz CT molecular complexity index is 363. The van der Waals surface area contributed by atoms with Gasteiger partial charge in [-0.15, -0.1) is 0 Å². The number of aliphatic hydroxyl groups excluding tert-OH is 1. The molecule has 0 saturated carbocycles. The third kappa shape index (κ3) is 3.18. The lowest BCUT2D eigenvalue weighted by atomic mass is 10.1. The van der Waals surface area contributed by atoms with Gasteiger partial charge in [-0.25, -0.2) is 8.78 Å². The maximum atomic E-state index is 13.4. The van der Waals surface area contributed by atoms with E-state index in [2.05, 4.69) is 0 Å². The number of benzene rings is 1. The summed E-state index contributed by atoms with van der Waals surface area (Å²) in [5, 5.41) is 9.91. The summed E-state index contributed by atoms with van der Waals surface area (Å²) < 4.78 is 26.9. The minimum Gasteiger partial charge on any atom is -0.387 e. The predicted molar refractivity (Wildman–Crippen MR) is 65.1 cm³/mol. The molecule has 0 aliphatic carbocycles. The maximum absolute atomic E-state index is 13.4. The Morgan fingerprint density at radius 2 is 1.82 bits per heavy atom. The molecule has 1 heterocycles. The number of β-amino-alcohol motifs (C(OH)–C–C–N with tert-alkyl or cyclic N) is 1. The molecule has 5 heteroatoms. The first-order chi connectivity index (χ1) is 8.18. The normalized spacial score (nSPS) is 19.2. The standard InChI is InChI=1S/C12H15F2NOS/c13-9-2-1-3-10(14)12(9)11(16)8-15-4-6-17-7-5-15/h1-3,11,16H,4-8H2. The van der Waals surface area contributed by atoms with Crippen molar-refractivity contribution >= 4 is 11.8 Å². The third-order valence-corrected chi connectivity index (χ3v) is 3.81. The second-order valence-electron chi connectivity index (χ2n) is 4.06. The van der Waals surface area contributed by atoms with Crippen LogP contribution >= 0.6 is 11.8 Å². The fourth-order valence-corrected chi connectivity index (χ4v) is 2.93. The molecule has 1 aliphatic rings. The molecule has 1 saturated heterocycles. The highest BCUT2D eigenvalue weighted by Crippen LogP contribution is 2.22. The first-order valence-corrected chi connectivity index (χ1v) is 6.76. The molecule has 0 aromatic heterocycles. The zero-order valence-corrected chi connectivity index (χ0v) is 10.2. The van der Waals surface area contributed by atoms with Gasteiger partial charge in [0.2, 0.25) is 0 Å². The van der Waals surface area contributed by atoms with Crippen LogP contribution in [0, 0.1) is 11.6 Å². The third-order valence-electron chi connectivity index (χ3n) is 2.87. The van der Waals surface area contributed by atoms with Crippen molar-refractivity contribution in [2.24, 2.45) is 0 Å². The number of rotatable bonds is 3. The Hall–Kier alpha value is -0.650. The van der Waals surface area contributed by atoms with Crippen molar-refractivity contribution < 1.29 is 13.9 Å². The number of hydrogen-bond acceptors (Lipinski definition) is 3. The molecule has 1 fully saturated rings. The van der Waals surface area contributed by atoms with E-state index in [-0.39, 0.29) is 5.56 Å². The molecule has 1 N–H and O–H groups in total. The Balaban J connectivity index is 2.05. The van der Waals surface area contributed by atoms with E-state index in [1.54, 1.807) is 0 Å². The molecule has 94 valence electrons. The summed E-state index contributed by atoms with van der Waals surface area (Å²) in [7, 11) is 0. The number of aliphatic hydroxyl groups is 1. The minimum atomic E-state index is -1.10. The van der Waals surface area contributed by atoms with E-state index in [0.717, 1.165) is 24.6 Å². The number of thioether (sulfide) groups is 1. The van der Waals surface area contributed by atoms with Crippen molar-refractivity contribution in [2.45, 2.75) is 6.10 Å². The van der Waals surface area contributed by atoms with Gasteiger partial charge in [0.15, 0.2) is 0 Å². The van der Waals surface area contributed by atoms with Gasteiger partial charge in [-0.3, -0.25) is 4.90 Å². The van der Waals surface area contributed by atoms with Crippen LogP contribution in [0.4, 0.5) is 8.78 Å². The predicted octanol–water partition coefficient (Wildman–Crippen LogP) is 2.05. The fourth-order valence-electron chi connectivity index (χ4n) is 1.95. The van der Waals surface area contributed by atoms with Crippen LogP contribution < -0.4 is 0 Å². The largest absolute Gasteiger partial charge is 0.387 e. The number of halogens is 2. The molecule has 0 spiro atoms. The summed E-state index contributed by atoms with van der Waals surface area (Å²) in [6.45, 7) is 2.01. The quantitative estimate of drug-likeness (QED) is 0.898. The summed E-state index contributed by atoms with van der Waals surface area (Å²) >= 11 is 1.86. The summed E-state index contributed by atoms with van der Waals surface area (Å²) in [4.78, 5) is 2.03. The smallest absolute Gasteiger partial charge is 0.131 e. The molecule has 1 aromatic rings. The van der Waals surface area contributed by atoms with Gasteiger partial charge >= 0.3 is 0 Å². The fraction of sp³-hybridized carbons (Fsp3) is 0.500. The first kappa shape index (κ1) is 12.8. The van der Waals surface area contributed by atoms with Crippen LogP contribution in [0.5, 0.6) is 0 Å². The summed E-state index contributed by atoms with van der Waals surface area (Å²) in [5.74, 6) is 0.659. The molecular formula is C12H15F2NOS. The van der Waals surface area contributed by atoms with Crippen LogP contribution in [0.25, 0.3) is 0 Å². The Morgan fingerprint density at radius 1 is 1.24 bits per heavy atom. The molecule has 1 atom stereocenters. The van der Waals surface area contributed by atoms with Crippen LogP contribution in [0.15, 0.2) is 18.2 Å². The summed E-state index contributed by atoms with van der Waals surface area (Å²) in [6, 6.07) is 3.65. The van der Waals surface area contributed by atoms with E-state index in [1.165, 1.54) is 18.2 Å². The van der Waals surface area contributed by atoms with Crippen molar-refractivity contribution in [3.8, 4) is 0 Å². The molecular weight excluding hydrogens is 244 g/mol. The van der Waals surface area contributed by atoms with E-state index in [0.29, 0.717) is 6.54 Å². The second-order valence-corrected chi connectivity index (χ2v) is 5.29. The molecule has 17 heavy (non-hydrogen) atoms. The zero-order chi connectivity index (χ0) is 12.3. The van der Waals surface area contributed by atoms with E-state index < -0.39 is 17.7 Å². The Kier molecular flexibility index (Phi) is 4.36. The van der Waals surface area contributed by atoms with Crippen molar-refractivity contribution in [1.29, 1.82) is 0 Å². The van der Waals surface area contributed by atoms with Gasteiger partial charge in [-0.2, -0.15) is 11.8 Å². The highest BCUT2D eigenvalue weighted by atomic mass is 32.2. The highest BCUT2D eigenvalue weighted by molar-refractivity contribution is 7.99. The average molecular weight is 259 g/mol. The van der Waals surface area contributed by atoms with E-state index >= 15 is 0 Å². The Morgan fingerprint density at radius 3 is 2.41 bits per heavy atom. The van der Waals surface area contributed by atoms with Gasteiger partial charge in [0.1, 0.15) is 11.6 Å². The molecule has 0 amide bonds. The number of nitrogens with zero attached hydrogens (tertiary/aromatic N) is 1. The second kappa shape index (κ2) is 5.80. The van der Waals surface area contributed by atoms with Gasteiger partial charge < -0.3 is 5.11 Å². The van der Waals surface area contributed by atoms with Gasteiger partial charge in [0, 0.05) is 31.1 Å². The average Bonchev–Trinajstić information content (AvgIpc) is 2.30. The van der Waals surface area contributed by atoms with E-state index in [1.807, 2.05) is 16.7 Å². The van der Waals surface area contributed by atoms with Crippen molar-refractivity contribution in [2.75, 3.05) is 31.1 Å². The lowest BCUT2D eigenvalue weighted by Gasteiger charge is -2.28. The maximum Gasteiger partial charge on any atom is 0.131 e. The molecule has 1 unspecified atom stereocenters. The SMILES string of the molecule is OC(CN1CCSCC1)c1c(F)cccc1F. The lowest BCUT2D eigenvalue weighted by molar-refractivity contribution is 0.112. The molecule has 0 bridgehead atoms. The van der Waals surface area contributed by atoms with Gasteiger partial charge in [-0.05, 0) is 12.1 Å².